The molecule has 9 heteroatoms. The van der Waals surface area contributed by atoms with Gasteiger partial charge in [0, 0.05) is 18.5 Å². The molecular formula is C32H35FN2O6. The quantitative estimate of drug-likeness (QED) is 0.354. The summed E-state index contributed by atoms with van der Waals surface area (Å²) >= 11 is 0. The third-order valence-electron chi connectivity index (χ3n) is 6.80. The van der Waals surface area contributed by atoms with Crippen molar-refractivity contribution in [2.45, 2.75) is 58.4 Å². The van der Waals surface area contributed by atoms with E-state index in [9.17, 15) is 18.8 Å². The average Bonchev–Trinajstić information content (AvgIpc) is 3.30. The van der Waals surface area contributed by atoms with Crippen LogP contribution in [0.15, 0.2) is 66.7 Å². The summed E-state index contributed by atoms with van der Waals surface area (Å²) in [6, 6.07) is 18.9. The summed E-state index contributed by atoms with van der Waals surface area (Å²) in [5, 5.41) is 2.74. The monoisotopic (exact) mass is 562 g/mol. The number of hydrogen-bond donors (Lipinski definition) is 1. The zero-order valence-electron chi connectivity index (χ0n) is 23.7. The number of benzene rings is 3. The predicted octanol–water partition coefficient (Wildman–Crippen LogP) is 5.00. The number of aryl methyl sites for hydroxylation is 1. The van der Waals surface area contributed by atoms with E-state index in [1.54, 1.807) is 31.2 Å². The third-order valence-corrected chi connectivity index (χ3v) is 6.80. The molecule has 8 nitrogen and oxygen atoms in total. The molecule has 1 heterocycles. The van der Waals surface area contributed by atoms with Crippen molar-refractivity contribution in [3.05, 3.63) is 100 Å². The molecule has 216 valence electrons. The lowest BCUT2D eigenvalue weighted by Crippen LogP contribution is -2.47. The molecule has 0 saturated carbocycles. The number of methoxy groups -OCH3 is 1. The Morgan fingerprint density at radius 3 is 2.51 bits per heavy atom. The first-order valence-corrected chi connectivity index (χ1v) is 13.6. The highest BCUT2D eigenvalue weighted by atomic mass is 19.1. The number of halogens is 1. The van der Waals surface area contributed by atoms with E-state index in [2.05, 4.69) is 5.32 Å². The normalized spacial score (nSPS) is 15.5. The molecule has 41 heavy (non-hydrogen) atoms. The topological polar surface area (TPSA) is 94.2 Å². The molecule has 1 aliphatic heterocycles. The molecule has 3 aromatic carbocycles. The maximum atomic E-state index is 14.3. The first kappa shape index (κ1) is 29.7. The molecule has 1 fully saturated rings. The summed E-state index contributed by atoms with van der Waals surface area (Å²) in [4.78, 5) is 40.2. The Kier molecular flexibility index (Phi) is 9.73. The number of carbonyl (C=O) groups excluding carboxylic acids is 3. The fourth-order valence-corrected chi connectivity index (χ4v) is 4.83. The Balaban J connectivity index is 1.51. The van der Waals surface area contributed by atoms with Crippen LogP contribution in [0.3, 0.4) is 0 Å². The van der Waals surface area contributed by atoms with Crippen molar-refractivity contribution in [1.29, 1.82) is 0 Å². The Morgan fingerprint density at radius 1 is 1.07 bits per heavy atom. The van der Waals surface area contributed by atoms with Crippen molar-refractivity contribution in [3.63, 3.8) is 0 Å². The lowest BCUT2D eigenvalue weighted by molar-refractivity contribution is -0.144. The smallest absolute Gasteiger partial charge is 0.417 e. The van der Waals surface area contributed by atoms with Crippen LogP contribution in [0.25, 0.3) is 0 Å². The summed E-state index contributed by atoms with van der Waals surface area (Å²) in [6.45, 7) is 5.58. The van der Waals surface area contributed by atoms with Crippen LogP contribution in [0.4, 0.5) is 9.18 Å². The maximum Gasteiger partial charge on any atom is 0.417 e. The van der Waals surface area contributed by atoms with Crippen LogP contribution in [0.2, 0.25) is 0 Å². The fourth-order valence-electron chi connectivity index (χ4n) is 4.83. The van der Waals surface area contributed by atoms with Crippen molar-refractivity contribution < 1.29 is 33.0 Å². The molecule has 1 aliphatic rings. The van der Waals surface area contributed by atoms with Gasteiger partial charge in [-0.1, -0.05) is 48.5 Å². The van der Waals surface area contributed by atoms with Crippen LogP contribution < -0.4 is 10.1 Å². The Labute approximate surface area is 239 Å². The molecule has 0 bridgehead atoms. The fraction of sp³-hybridized carbons (Fsp3) is 0.344. The Bertz CT molecular complexity index is 1390. The minimum atomic E-state index is -0.948. The number of ether oxygens (including phenoxy) is 3. The maximum absolute atomic E-state index is 14.3. The molecule has 4 rings (SSSR count). The van der Waals surface area contributed by atoms with E-state index < -0.39 is 35.9 Å². The minimum absolute atomic E-state index is 0.0516. The largest absolute Gasteiger partial charge is 0.496 e. The molecular weight excluding hydrogens is 527 g/mol. The summed E-state index contributed by atoms with van der Waals surface area (Å²) in [6.07, 6.45) is -1.26. The first-order chi connectivity index (χ1) is 19.7. The number of amides is 3. The number of hydrogen-bond acceptors (Lipinski definition) is 6. The molecule has 0 spiro atoms. The van der Waals surface area contributed by atoms with Gasteiger partial charge < -0.3 is 19.5 Å². The Hall–Kier alpha value is -4.24. The second-order valence-electron chi connectivity index (χ2n) is 10.3. The minimum Gasteiger partial charge on any atom is -0.496 e. The van der Waals surface area contributed by atoms with Crippen LogP contribution >= 0.6 is 0 Å². The van der Waals surface area contributed by atoms with Gasteiger partial charge in [0.25, 0.3) is 11.8 Å². The van der Waals surface area contributed by atoms with Crippen molar-refractivity contribution in [2.75, 3.05) is 13.7 Å². The van der Waals surface area contributed by atoms with Gasteiger partial charge in [-0.05, 0) is 62.1 Å². The van der Waals surface area contributed by atoms with Crippen molar-refractivity contribution in [1.82, 2.24) is 10.2 Å². The van der Waals surface area contributed by atoms with Crippen molar-refractivity contribution in [2.24, 2.45) is 0 Å². The van der Waals surface area contributed by atoms with Gasteiger partial charge in [0.1, 0.15) is 24.3 Å². The van der Waals surface area contributed by atoms with Crippen molar-refractivity contribution >= 4 is 17.9 Å². The van der Waals surface area contributed by atoms with E-state index in [0.29, 0.717) is 17.7 Å². The predicted molar refractivity (Wildman–Crippen MR) is 151 cm³/mol. The average molecular weight is 563 g/mol. The van der Waals surface area contributed by atoms with Crippen LogP contribution in [0, 0.1) is 12.7 Å². The van der Waals surface area contributed by atoms with E-state index in [1.807, 2.05) is 44.2 Å². The lowest BCUT2D eigenvalue weighted by atomic mass is 10.0. The van der Waals surface area contributed by atoms with Gasteiger partial charge in [-0.25, -0.2) is 14.1 Å². The second-order valence-corrected chi connectivity index (χ2v) is 10.3. The molecule has 0 radical (unpaired) electrons. The Morgan fingerprint density at radius 2 is 1.83 bits per heavy atom. The second kappa shape index (κ2) is 13.4. The molecule has 3 aromatic rings. The number of nitrogens with one attached hydrogen (secondary N) is 1. The zero-order valence-corrected chi connectivity index (χ0v) is 23.7. The van der Waals surface area contributed by atoms with Crippen LogP contribution in [-0.4, -0.2) is 54.8 Å². The zero-order chi connectivity index (χ0) is 29.5. The third kappa shape index (κ3) is 7.49. The van der Waals surface area contributed by atoms with Crippen molar-refractivity contribution in [3.8, 4) is 5.75 Å². The molecule has 2 atom stereocenters. The molecule has 0 aliphatic carbocycles. The van der Waals surface area contributed by atoms with Gasteiger partial charge >= 0.3 is 6.09 Å². The lowest BCUT2D eigenvalue weighted by Gasteiger charge is -2.26. The number of rotatable bonds is 11. The van der Waals surface area contributed by atoms with E-state index in [-0.39, 0.29) is 31.2 Å². The van der Waals surface area contributed by atoms with E-state index in [4.69, 9.17) is 14.2 Å². The molecule has 1 N–H and O–H groups in total. The highest BCUT2D eigenvalue weighted by molar-refractivity contribution is 5.96. The van der Waals surface area contributed by atoms with Crippen LogP contribution in [0.1, 0.15) is 46.5 Å². The molecule has 3 amide bonds. The van der Waals surface area contributed by atoms with Gasteiger partial charge in [0.2, 0.25) is 0 Å². The SMILES string of the molecule is COc1ccc(C[C@H](OC(C)C)C(=O)N2C(=O)OC[C@@H]2Cc2ccccc2)cc1CNC(=O)c1ccc(C)cc1F. The molecule has 0 unspecified atom stereocenters. The highest BCUT2D eigenvalue weighted by Crippen LogP contribution is 2.24. The molecule has 0 aromatic heterocycles. The van der Waals surface area contributed by atoms with E-state index in [0.717, 1.165) is 16.7 Å². The van der Waals surface area contributed by atoms with Crippen LogP contribution in [0.5, 0.6) is 5.75 Å². The van der Waals surface area contributed by atoms with Gasteiger partial charge in [-0.15, -0.1) is 0 Å². The molecule has 1 saturated heterocycles. The number of carbonyl (C=O) groups is 3. The number of nitrogens with zero attached hydrogens (tertiary/aromatic N) is 1. The summed E-state index contributed by atoms with van der Waals surface area (Å²) < 4.78 is 31.0. The highest BCUT2D eigenvalue weighted by Gasteiger charge is 2.41. The van der Waals surface area contributed by atoms with Gasteiger partial charge in [-0.3, -0.25) is 9.59 Å². The van der Waals surface area contributed by atoms with E-state index in [1.165, 1.54) is 24.1 Å². The van der Waals surface area contributed by atoms with Gasteiger partial charge in [-0.2, -0.15) is 0 Å². The van der Waals surface area contributed by atoms with Gasteiger partial charge in [0.15, 0.2) is 0 Å². The first-order valence-electron chi connectivity index (χ1n) is 13.6. The van der Waals surface area contributed by atoms with E-state index >= 15 is 0 Å². The standard InChI is InChI=1S/C32H35FN2O6/c1-20(2)41-29(31(37)35-25(19-40-32(35)38)16-22-8-6-5-7-9-22)17-23-11-13-28(39-4)24(15-23)18-34-30(36)26-12-10-21(3)14-27(26)33/h5-15,20,25,29H,16-19H2,1-4H3,(H,34,36)/t25-,29-/m0/s1. The summed E-state index contributed by atoms with van der Waals surface area (Å²) in [5.74, 6) is -1.09. The number of cyclic esters (lactones) is 1. The van der Waals surface area contributed by atoms with Gasteiger partial charge in [0.05, 0.1) is 24.8 Å². The van der Waals surface area contributed by atoms with Crippen LogP contribution in [-0.2, 0) is 33.7 Å². The summed E-state index contributed by atoms with van der Waals surface area (Å²) in [5.41, 5.74) is 3.04. The number of imide groups is 1. The summed E-state index contributed by atoms with van der Waals surface area (Å²) in [7, 11) is 1.51.